The largest absolute Gasteiger partial charge is 0.381 e. The number of nitriles is 1. The summed E-state index contributed by atoms with van der Waals surface area (Å²) in [6.45, 7) is 2.57. The average Bonchev–Trinajstić information content (AvgIpc) is 2.99. The molecule has 2 atom stereocenters. The number of thioether (sulfide) groups is 1. The topological polar surface area (TPSA) is 69.4 Å². The first-order valence-electron chi connectivity index (χ1n) is 7.73. The molecule has 2 rings (SSSR count). The van der Waals surface area contributed by atoms with Gasteiger partial charge in [0.1, 0.15) is 0 Å². The zero-order chi connectivity index (χ0) is 15.1. The van der Waals surface area contributed by atoms with E-state index in [0.29, 0.717) is 0 Å². The number of guanidine groups is 1. The van der Waals surface area contributed by atoms with Crippen molar-refractivity contribution < 1.29 is 4.74 Å². The van der Waals surface area contributed by atoms with Gasteiger partial charge < -0.3 is 15.4 Å². The summed E-state index contributed by atoms with van der Waals surface area (Å²) < 4.78 is 5.71. The van der Waals surface area contributed by atoms with Crippen molar-refractivity contribution in [2.24, 2.45) is 10.9 Å². The van der Waals surface area contributed by atoms with Gasteiger partial charge in [-0.1, -0.05) is 0 Å². The van der Waals surface area contributed by atoms with E-state index in [9.17, 15) is 0 Å². The third-order valence-electron chi connectivity index (χ3n) is 4.64. The van der Waals surface area contributed by atoms with Crippen LogP contribution in [0.25, 0.3) is 0 Å². The van der Waals surface area contributed by atoms with Gasteiger partial charge in [-0.15, -0.1) is 24.0 Å². The lowest BCUT2D eigenvalue weighted by Gasteiger charge is -2.36. The van der Waals surface area contributed by atoms with Crippen LogP contribution in [0.4, 0.5) is 0 Å². The van der Waals surface area contributed by atoms with E-state index in [0.717, 1.165) is 57.8 Å². The van der Waals surface area contributed by atoms with Crippen LogP contribution in [0.3, 0.4) is 0 Å². The van der Waals surface area contributed by atoms with Crippen molar-refractivity contribution in [2.45, 2.75) is 42.9 Å². The van der Waals surface area contributed by atoms with Crippen LogP contribution in [-0.2, 0) is 4.74 Å². The maximum atomic E-state index is 9.17. The van der Waals surface area contributed by atoms with Gasteiger partial charge in [0.15, 0.2) is 5.96 Å². The standard InChI is InChI=1S/C15H26N4OS.HI/c1-17-14(19-13-5-3-4-12(13)10-16)18-11-15(21-2)6-8-20-9-7-15;/h12-13H,3-9,11H2,1-2H3,(H2,17,18,19);1H. The van der Waals surface area contributed by atoms with Gasteiger partial charge in [0.05, 0.1) is 12.0 Å². The Hall–Kier alpha value is -0.200. The van der Waals surface area contributed by atoms with E-state index in [1.54, 1.807) is 7.05 Å². The van der Waals surface area contributed by atoms with Crippen LogP contribution in [-0.4, -0.2) is 49.8 Å². The molecule has 1 aliphatic heterocycles. The molecular weight excluding hydrogens is 411 g/mol. The van der Waals surface area contributed by atoms with Crippen molar-refractivity contribution in [3.63, 3.8) is 0 Å². The molecule has 1 saturated carbocycles. The van der Waals surface area contributed by atoms with E-state index in [4.69, 9.17) is 10.00 Å². The molecular formula is C15H27IN4OS. The van der Waals surface area contributed by atoms with Gasteiger partial charge in [-0.25, -0.2) is 0 Å². The fourth-order valence-electron chi connectivity index (χ4n) is 3.10. The molecule has 1 heterocycles. The fourth-order valence-corrected chi connectivity index (χ4v) is 3.89. The summed E-state index contributed by atoms with van der Waals surface area (Å²) in [7, 11) is 1.79. The Bertz CT molecular complexity index is 407. The van der Waals surface area contributed by atoms with E-state index in [-0.39, 0.29) is 40.7 Å². The molecule has 0 spiro atoms. The molecule has 22 heavy (non-hydrogen) atoms. The number of nitrogens with zero attached hydrogens (tertiary/aromatic N) is 2. The van der Waals surface area contributed by atoms with Crippen molar-refractivity contribution in [2.75, 3.05) is 33.1 Å². The maximum absolute atomic E-state index is 9.17. The highest BCUT2D eigenvalue weighted by molar-refractivity contribution is 14.0. The Morgan fingerprint density at radius 2 is 2.14 bits per heavy atom. The molecule has 0 aromatic carbocycles. The first kappa shape index (κ1) is 19.8. The molecule has 0 radical (unpaired) electrons. The molecule has 2 N–H and O–H groups in total. The van der Waals surface area contributed by atoms with E-state index in [1.807, 2.05) is 11.8 Å². The third-order valence-corrected chi connectivity index (χ3v) is 6.06. The highest BCUT2D eigenvalue weighted by Gasteiger charge is 2.32. The van der Waals surface area contributed by atoms with Gasteiger partial charge in [0.25, 0.3) is 0 Å². The van der Waals surface area contributed by atoms with Crippen molar-refractivity contribution in [1.29, 1.82) is 5.26 Å². The molecule has 2 aliphatic rings. The summed E-state index contributed by atoms with van der Waals surface area (Å²) in [5.41, 5.74) is 0. The molecule has 5 nitrogen and oxygen atoms in total. The maximum Gasteiger partial charge on any atom is 0.191 e. The second kappa shape index (κ2) is 9.83. The molecule has 2 fully saturated rings. The van der Waals surface area contributed by atoms with E-state index in [2.05, 4.69) is 28.0 Å². The Morgan fingerprint density at radius 3 is 2.73 bits per heavy atom. The van der Waals surface area contributed by atoms with Gasteiger partial charge in [-0.05, 0) is 38.4 Å². The van der Waals surface area contributed by atoms with Crippen LogP contribution in [0.15, 0.2) is 4.99 Å². The van der Waals surface area contributed by atoms with Crippen LogP contribution in [0, 0.1) is 17.2 Å². The highest BCUT2D eigenvalue weighted by Crippen LogP contribution is 2.33. The van der Waals surface area contributed by atoms with Crippen molar-refractivity contribution in [1.82, 2.24) is 10.6 Å². The minimum absolute atomic E-state index is 0. The Labute approximate surface area is 155 Å². The van der Waals surface area contributed by atoms with Crippen molar-refractivity contribution in [3.05, 3.63) is 0 Å². The molecule has 2 unspecified atom stereocenters. The van der Waals surface area contributed by atoms with Crippen LogP contribution < -0.4 is 10.6 Å². The summed E-state index contributed by atoms with van der Waals surface area (Å²) in [6.07, 6.45) is 7.49. The lowest BCUT2D eigenvalue weighted by atomic mass is 9.99. The quantitative estimate of drug-likeness (QED) is 0.401. The fraction of sp³-hybridized carbons (Fsp3) is 0.867. The minimum atomic E-state index is 0. The first-order chi connectivity index (χ1) is 10.2. The van der Waals surface area contributed by atoms with E-state index in [1.165, 1.54) is 0 Å². The summed E-state index contributed by atoms with van der Waals surface area (Å²) in [5.74, 6) is 0.934. The van der Waals surface area contributed by atoms with Gasteiger partial charge in [-0.3, -0.25) is 4.99 Å². The van der Waals surface area contributed by atoms with Gasteiger partial charge in [-0.2, -0.15) is 17.0 Å². The number of rotatable bonds is 4. The van der Waals surface area contributed by atoms with Crippen LogP contribution >= 0.6 is 35.7 Å². The lowest BCUT2D eigenvalue weighted by molar-refractivity contribution is 0.0782. The molecule has 7 heteroatoms. The smallest absolute Gasteiger partial charge is 0.191 e. The lowest BCUT2D eigenvalue weighted by Crippen LogP contribution is -2.50. The number of halogens is 1. The molecule has 0 aromatic rings. The van der Waals surface area contributed by atoms with Crippen LogP contribution in [0.2, 0.25) is 0 Å². The summed E-state index contributed by atoms with van der Waals surface area (Å²) in [6, 6.07) is 2.64. The predicted octanol–water partition coefficient (Wildman–Crippen LogP) is 2.37. The van der Waals surface area contributed by atoms with E-state index < -0.39 is 0 Å². The highest BCUT2D eigenvalue weighted by atomic mass is 127. The number of aliphatic imine (C=N–C) groups is 1. The second-order valence-corrected chi connectivity index (χ2v) is 7.12. The zero-order valence-corrected chi connectivity index (χ0v) is 16.6. The number of hydrogen-bond acceptors (Lipinski definition) is 4. The van der Waals surface area contributed by atoms with Gasteiger partial charge in [0, 0.05) is 37.6 Å². The number of nitrogens with one attached hydrogen (secondary N) is 2. The van der Waals surface area contributed by atoms with Crippen LogP contribution in [0.1, 0.15) is 32.1 Å². The summed E-state index contributed by atoms with van der Waals surface area (Å²) in [4.78, 5) is 4.31. The molecule has 0 aromatic heterocycles. The number of ether oxygens (including phenoxy) is 1. The van der Waals surface area contributed by atoms with E-state index >= 15 is 0 Å². The number of hydrogen-bond donors (Lipinski definition) is 2. The average molecular weight is 438 g/mol. The van der Waals surface area contributed by atoms with Crippen molar-refractivity contribution >= 4 is 41.7 Å². The Morgan fingerprint density at radius 1 is 1.41 bits per heavy atom. The summed E-state index contributed by atoms with van der Waals surface area (Å²) >= 11 is 1.92. The molecule has 0 bridgehead atoms. The van der Waals surface area contributed by atoms with Gasteiger partial charge >= 0.3 is 0 Å². The van der Waals surface area contributed by atoms with Gasteiger partial charge in [0.2, 0.25) is 0 Å². The van der Waals surface area contributed by atoms with Crippen molar-refractivity contribution in [3.8, 4) is 6.07 Å². The van der Waals surface area contributed by atoms with Crippen LogP contribution in [0.5, 0.6) is 0 Å². The molecule has 0 amide bonds. The second-order valence-electron chi connectivity index (χ2n) is 5.84. The predicted molar refractivity (Wildman–Crippen MR) is 103 cm³/mol. The zero-order valence-electron chi connectivity index (χ0n) is 13.4. The minimum Gasteiger partial charge on any atom is -0.381 e. The Balaban J connectivity index is 0.00000242. The summed E-state index contributed by atoms with van der Waals surface area (Å²) in [5, 5.41) is 16.0. The first-order valence-corrected chi connectivity index (χ1v) is 8.95. The molecule has 1 saturated heterocycles. The molecule has 1 aliphatic carbocycles. The molecule has 126 valence electrons. The monoisotopic (exact) mass is 438 g/mol. The SMILES string of the molecule is CN=C(NCC1(SC)CCOCC1)NC1CCCC1C#N.I. The normalized spacial score (nSPS) is 27.6. The Kier molecular flexibility index (Phi) is 8.87. The third kappa shape index (κ3) is 5.17.